The molecule has 0 aromatic heterocycles. The molecule has 1 rings (SSSR count). The summed E-state index contributed by atoms with van der Waals surface area (Å²) < 4.78 is 42.6. The van der Waals surface area contributed by atoms with Gasteiger partial charge in [0.05, 0.1) is 52.9 Å². The zero-order chi connectivity index (χ0) is 28.2. The van der Waals surface area contributed by atoms with E-state index in [4.69, 9.17) is 23.5 Å². The van der Waals surface area contributed by atoms with Crippen LogP contribution in [0.25, 0.3) is 0 Å². The van der Waals surface area contributed by atoms with E-state index in [1.165, 1.54) is 0 Å². The first-order valence-electron chi connectivity index (χ1n) is 13.2. The van der Waals surface area contributed by atoms with Crippen LogP contribution in [0.5, 0.6) is 0 Å². The predicted molar refractivity (Wildman–Crippen MR) is 138 cm³/mol. The van der Waals surface area contributed by atoms with Crippen molar-refractivity contribution in [2.75, 3.05) is 86.3 Å². The molecule has 224 valence electrons. The number of ether oxygens (including phenoxy) is 4. The fraction of sp³-hybridized carbons (Fsp3) is 0.917. The van der Waals surface area contributed by atoms with Crippen LogP contribution in [-0.4, -0.2) is 119 Å². The van der Waals surface area contributed by atoms with Crippen LogP contribution in [-0.2, 0) is 42.1 Å². The topological polar surface area (TPSA) is 162 Å². The molecule has 0 radical (unpaired) electrons. The number of carbonyl (C=O) groups is 2. The Kier molecular flexibility index (Phi) is 19.0. The lowest BCUT2D eigenvalue weighted by molar-refractivity contribution is -0.139. The van der Waals surface area contributed by atoms with Crippen molar-refractivity contribution in [1.29, 1.82) is 0 Å². The Morgan fingerprint density at radius 3 is 1.97 bits per heavy atom. The zero-order valence-electron chi connectivity index (χ0n) is 23.0. The molecule has 1 saturated heterocycles. The van der Waals surface area contributed by atoms with Crippen molar-refractivity contribution in [2.45, 2.75) is 45.6 Å². The van der Waals surface area contributed by atoms with Crippen molar-refractivity contribution in [3.8, 4) is 0 Å². The highest BCUT2D eigenvalue weighted by molar-refractivity contribution is 7.47. The third kappa shape index (κ3) is 16.7. The number of phosphoric acid groups is 1. The standard InChI is InChI=1S/C24H47N2O11P/c1-20(2)6-10-33-12-14-35-16-17-36-15-13-34-11-7-23(28)25-22(19-37-38(30,31)32-3)24(29)26-8-4-21(18-27)5-9-26/h20-22,27H,4-19H2,1-3H3,(H,25,28)(H,30,31). The van der Waals surface area contributed by atoms with Crippen LogP contribution < -0.4 is 5.32 Å². The van der Waals surface area contributed by atoms with Crippen molar-refractivity contribution >= 4 is 19.6 Å². The summed E-state index contributed by atoms with van der Waals surface area (Å²) >= 11 is 0. The highest BCUT2D eigenvalue weighted by atomic mass is 31.2. The molecule has 1 aliphatic heterocycles. The van der Waals surface area contributed by atoms with Gasteiger partial charge in [0, 0.05) is 39.8 Å². The molecule has 2 atom stereocenters. The number of nitrogens with zero attached hydrogens (tertiary/aromatic N) is 1. The monoisotopic (exact) mass is 570 g/mol. The van der Waals surface area contributed by atoms with Crippen LogP contribution >= 0.6 is 7.82 Å². The van der Waals surface area contributed by atoms with Crippen molar-refractivity contribution in [3.63, 3.8) is 0 Å². The lowest BCUT2D eigenvalue weighted by atomic mass is 9.97. The first-order valence-corrected chi connectivity index (χ1v) is 14.7. The summed E-state index contributed by atoms with van der Waals surface area (Å²) in [7, 11) is -3.32. The Morgan fingerprint density at radius 2 is 1.47 bits per heavy atom. The van der Waals surface area contributed by atoms with E-state index >= 15 is 0 Å². The highest BCUT2D eigenvalue weighted by Gasteiger charge is 2.31. The summed E-state index contributed by atoms with van der Waals surface area (Å²) in [6.07, 6.45) is 2.28. The minimum atomic E-state index is -4.33. The maximum absolute atomic E-state index is 12.9. The fourth-order valence-corrected chi connectivity index (χ4v) is 3.91. The quantitative estimate of drug-likeness (QED) is 0.126. The Bertz CT molecular complexity index is 690. The summed E-state index contributed by atoms with van der Waals surface area (Å²) in [5.74, 6) is -0.142. The summed E-state index contributed by atoms with van der Waals surface area (Å²) in [5, 5.41) is 11.8. The van der Waals surface area contributed by atoms with Crippen LogP contribution in [0.15, 0.2) is 0 Å². The van der Waals surface area contributed by atoms with Gasteiger partial charge >= 0.3 is 7.82 Å². The fourth-order valence-electron chi connectivity index (χ4n) is 3.46. The number of likely N-dealkylation sites (tertiary alicyclic amines) is 1. The Labute approximate surface area is 226 Å². The van der Waals surface area contributed by atoms with Gasteiger partial charge in [0.15, 0.2) is 0 Å². The van der Waals surface area contributed by atoms with Crippen molar-refractivity contribution in [1.82, 2.24) is 10.2 Å². The molecular formula is C24H47N2O11P. The predicted octanol–water partition coefficient (Wildman–Crippen LogP) is 0.968. The van der Waals surface area contributed by atoms with Gasteiger partial charge in [-0.05, 0) is 31.1 Å². The van der Waals surface area contributed by atoms with Crippen LogP contribution in [0.1, 0.15) is 39.5 Å². The van der Waals surface area contributed by atoms with Gasteiger partial charge in [0.25, 0.3) is 0 Å². The first-order chi connectivity index (χ1) is 18.2. The highest BCUT2D eigenvalue weighted by Crippen LogP contribution is 2.41. The molecule has 2 unspecified atom stereocenters. The second-order valence-electron chi connectivity index (χ2n) is 9.40. The third-order valence-electron chi connectivity index (χ3n) is 5.88. The number of hydrogen-bond acceptors (Lipinski definition) is 10. The van der Waals surface area contributed by atoms with Gasteiger partial charge in [-0.15, -0.1) is 0 Å². The molecule has 3 N–H and O–H groups in total. The summed E-state index contributed by atoms with van der Waals surface area (Å²) in [6.45, 7) is 8.10. The number of aliphatic hydroxyl groups excluding tert-OH is 1. The van der Waals surface area contributed by atoms with E-state index in [2.05, 4.69) is 23.7 Å². The molecule has 0 aromatic rings. The van der Waals surface area contributed by atoms with E-state index in [0.717, 1.165) is 20.1 Å². The molecule has 1 aliphatic rings. The molecule has 38 heavy (non-hydrogen) atoms. The number of amides is 2. The van der Waals surface area contributed by atoms with Crippen molar-refractivity contribution in [2.24, 2.45) is 11.8 Å². The lowest BCUT2D eigenvalue weighted by Crippen LogP contribution is -2.53. The molecule has 1 fully saturated rings. The van der Waals surface area contributed by atoms with Gasteiger partial charge in [0.2, 0.25) is 11.8 Å². The maximum Gasteiger partial charge on any atom is 0.471 e. The van der Waals surface area contributed by atoms with Gasteiger partial charge in [0.1, 0.15) is 6.04 Å². The number of rotatable bonds is 22. The van der Waals surface area contributed by atoms with E-state index in [0.29, 0.717) is 71.5 Å². The molecule has 2 amide bonds. The van der Waals surface area contributed by atoms with Crippen LogP contribution in [0, 0.1) is 11.8 Å². The number of carbonyl (C=O) groups excluding carboxylic acids is 2. The van der Waals surface area contributed by atoms with Crippen molar-refractivity contribution < 1.29 is 52.1 Å². The number of aliphatic hydroxyl groups is 1. The first kappa shape index (κ1) is 34.9. The number of nitrogens with one attached hydrogen (secondary N) is 1. The van der Waals surface area contributed by atoms with Crippen LogP contribution in [0.3, 0.4) is 0 Å². The molecule has 13 nitrogen and oxygen atoms in total. The zero-order valence-corrected chi connectivity index (χ0v) is 23.9. The van der Waals surface area contributed by atoms with E-state index in [-0.39, 0.29) is 25.6 Å². The average molecular weight is 571 g/mol. The van der Waals surface area contributed by atoms with Gasteiger partial charge in [-0.3, -0.25) is 18.6 Å². The van der Waals surface area contributed by atoms with E-state index < -0.39 is 32.3 Å². The van der Waals surface area contributed by atoms with Gasteiger partial charge in [-0.1, -0.05) is 13.8 Å². The molecule has 0 aromatic carbocycles. The number of piperidine rings is 1. The summed E-state index contributed by atoms with van der Waals surface area (Å²) in [6, 6.07) is -1.16. The molecular weight excluding hydrogens is 523 g/mol. The van der Waals surface area contributed by atoms with E-state index in [1.54, 1.807) is 4.90 Å². The third-order valence-corrected chi connectivity index (χ3v) is 6.82. The second-order valence-corrected chi connectivity index (χ2v) is 11.0. The summed E-state index contributed by atoms with van der Waals surface area (Å²) in [4.78, 5) is 36.4. The average Bonchev–Trinajstić information content (AvgIpc) is 2.90. The van der Waals surface area contributed by atoms with Gasteiger partial charge in [-0.2, -0.15) is 0 Å². The SMILES string of the molecule is COP(=O)(O)OCC(NC(=O)CCOCCOCCOCCOCCC(C)C)C(=O)N1CCC(CO)CC1. The Balaban J connectivity index is 2.23. The van der Waals surface area contributed by atoms with Gasteiger partial charge in [-0.25, -0.2) is 4.57 Å². The van der Waals surface area contributed by atoms with E-state index in [9.17, 15) is 24.2 Å². The Morgan fingerprint density at radius 1 is 0.947 bits per heavy atom. The van der Waals surface area contributed by atoms with Gasteiger partial charge < -0.3 is 39.2 Å². The minimum Gasteiger partial charge on any atom is -0.396 e. The molecule has 14 heteroatoms. The molecule has 0 bridgehead atoms. The number of phosphoric ester groups is 1. The van der Waals surface area contributed by atoms with Crippen molar-refractivity contribution in [3.05, 3.63) is 0 Å². The van der Waals surface area contributed by atoms with E-state index in [1.807, 2.05) is 0 Å². The molecule has 0 spiro atoms. The number of hydrogen-bond donors (Lipinski definition) is 3. The second kappa shape index (κ2) is 20.7. The Hall–Kier alpha value is -1.15. The normalized spacial score (nSPS) is 16.9. The molecule has 1 heterocycles. The maximum atomic E-state index is 12.9. The largest absolute Gasteiger partial charge is 0.471 e. The molecule has 0 aliphatic carbocycles. The van der Waals surface area contributed by atoms with Crippen LogP contribution in [0.4, 0.5) is 0 Å². The van der Waals surface area contributed by atoms with Crippen LogP contribution in [0.2, 0.25) is 0 Å². The minimum absolute atomic E-state index is 0.0165. The molecule has 0 saturated carbocycles. The summed E-state index contributed by atoms with van der Waals surface area (Å²) in [5.41, 5.74) is 0. The lowest BCUT2D eigenvalue weighted by Gasteiger charge is -2.33. The smallest absolute Gasteiger partial charge is 0.396 e.